The molecule has 0 bridgehead atoms. The van der Waals surface area contributed by atoms with Gasteiger partial charge in [-0.15, -0.1) is 0 Å². The van der Waals surface area contributed by atoms with Crippen molar-refractivity contribution in [1.82, 2.24) is 19.6 Å². The number of rotatable bonds is 6. The van der Waals surface area contributed by atoms with Gasteiger partial charge in [-0.25, -0.2) is 4.68 Å². The number of aromatic nitrogens is 2. The average Bonchev–Trinajstić information content (AvgIpc) is 2.80. The number of fused-ring (bicyclic) bond motifs is 1. The summed E-state index contributed by atoms with van der Waals surface area (Å²) in [4.78, 5) is 30.3. The van der Waals surface area contributed by atoms with Crippen LogP contribution in [0, 0.1) is 0 Å². The van der Waals surface area contributed by atoms with Crippen molar-refractivity contribution in [1.29, 1.82) is 0 Å². The minimum atomic E-state index is -0.131. The first-order valence-corrected chi connectivity index (χ1v) is 11.2. The summed E-state index contributed by atoms with van der Waals surface area (Å²) >= 11 is 5.97. The van der Waals surface area contributed by atoms with Gasteiger partial charge in [-0.1, -0.05) is 55.3 Å². The highest BCUT2D eigenvalue weighted by atomic mass is 35.5. The lowest BCUT2D eigenvalue weighted by Crippen LogP contribution is -2.48. The number of benzene rings is 2. The summed E-state index contributed by atoms with van der Waals surface area (Å²) in [6, 6.07) is 15.2. The van der Waals surface area contributed by atoms with Crippen LogP contribution in [0.15, 0.2) is 53.3 Å². The van der Waals surface area contributed by atoms with E-state index in [1.165, 1.54) is 10.2 Å². The smallest absolute Gasteiger partial charge is 0.275 e. The lowest BCUT2D eigenvalue weighted by Gasteiger charge is -2.34. The van der Waals surface area contributed by atoms with E-state index in [0.29, 0.717) is 36.1 Å². The molecule has 1 saturated heterocycles. The van der Waals surface area contributed by atoms with E-state index in [4.69, 9.17) is 11.6 Å². The van der Waals surface area contributed by atoms with Crippen molar-refractivity contribution in [3.05, 3.63) is 75.2 Å². The summed E-state index contributed by atoms with van der Waals surface area (Å²) in [5.74, 6) is -0.104. The monoisotopic (exact) mass is 438 g/mol. The fraction of sp³-hybridized carbons (Fsp3) is 0.375. The van der Waals surface area contributed by atoms with Gasteiger partial charge in [0, 0.05) is 49.7 Å². The number of hydrogen-bond acceptors (Lipinski definition) is 4. The number of unbranched alkanes of at least 4 members (excludes halogenated alkanes) is 1. The normalized spacial score (nSPS) is 14.8. The molecular formula is C24H27ClN4O2. The largest absolute Gasteiger partial charge is 0.335 e. The predicted octanol–water partition coefficient (Wildman–Crippen LogP) is 3.81. The number of carbonyl (C=O) groups is 1. The van der Waals surface area contributed by atoms with E-state index in [2.05, 4.69) is 16.9 Å². The van der Waals surface area contributed by atoms with Crippen LogP contribution < -0.4 is 5.56 Å². The van der Waals surface area contributed by atoms with E-state index >= 15 is 0 Å². The number of carbonyl (C=O) groups excluding carboxylic acids is 1. The molecule has 31 heavy (non-hydrogen) atoms. The Hall–Kier alpha value is -2.70. The summed E-state index contributed by atoms with van der Waals surface area (Å²) < 4.78 is 1.45. The molecule has 4 rings (SSSR count). The standard InChI is InChI=1S/C24H27ClN4O2/c1-2-3-12-29-23(30)21-7-5-4-6-20(21)22(26-29)24(31)28-15-13-27(14-16-28)17-18-8-10-19(25)11-9-18/h4-11H,2-3,12-17H2,1H3. The molecular weight excluding hydrogens is 412 g/mol. The molecule has 6 nitrogen and oxygen atoms in total. The van der Waals surface area contributed by atoms with Crippen molar-refractivity contribution in [3.8, 4) is 0 Å². The summed E-state index contributed by atoms with van der Waals surface area (Å²) in [5.41, 5.74) is 1.45. The maximum Gasteiger partial charge on any atom is 0.275 e. The SMILES string of the molecule is CCCCn1nc(C(=O)N2CCN(Cc3ccc(Cl)cc3)CC2)c2ccccc2c1=O. The molecule has 1 aromatic heterocycles. The summed E-state index contributed by atoms with van der Waals surface area (Å²) in [6.07, 6.45) is 1.81. The van der Waals surface area contributed by atoms with Gasteiger partial charge in [0.05, 0.1) is 5.39 Å². The second-order valence-electron chi connectivity index (χ2n) is 7.97. The van der Waals surface area contributed by atoms with Gasteiger partial charge in [0.1, 0.15) is 0 Å². The minimum Gasteiger partial charge on any atom is -0.335 e. The van der Waals surface area contributed by atoms with Gasteiger partial charge in [0.25, 0.3) is 11.5 Å². The number of halogens is 1. The first-order valence-electron chi connectivity index (χ1n) is 10.8. The molecule has 0 aliphatic carbocycles. The van der Waals surface area contributed by atoms with Crippen LogP contribution in [0.5, 0.6) is 0 Å². The second kappa shape index (κ2) is 9.62. The lowest BCUT2D eigenvalue weighted by atomic mass is 10.1. The quantitative estimate of drug-likeness (QED) is 0.587. The Labute approximate surface area is 187 Å². The first-order chi connectivity index (χ1) is 15.1. The average molecular weight is 439 g/mol. The van der Waals surface area contributed by atoms with E-state index in [0.717, 1.165) is 37.5 Å². The number of nitrogens with zero attached hydrogens (tertiary/aromatic N) is 4. The van der Waals surface area contributed by atoms with Crippen molar-refractivity contribution >= 4 is 28.3 Å². The Bertz CT molecular complexity index is 1120. The molecule has 0 radical (unpaired) electrons. The topological polar surface area (TPSA) is 58.4 Å². The van der Waals surface area contributed by atoms with Crippen LogP contribution in [0.25, 0.3) is 10.8 Å². The lowest BCUT2D eigenvalue weighted by molar-refractivity contribution is 0.0622. The summed E-state index contributed by atoms with van der Waals surface area (Å²) in [6.45, 7) is 6.29. The zero-order valence-electron chi connectivity index (χ0n) is 17.8. The van der Waals surface area contributed by atoms with E-state index in [9.17, 15) is 9.59 Å². The van der Waals surface area contributed by atoms with E-state index < -0.39 is 0 Å². The Balaban J connectivity index is 1.51. The van der Waals surface area contributed by atoms with Crippen LogP contribution in [0.1, 0.15) is 35.8 Å². The molecule has 162 valence electrons. The van der Waals surface area contributed by atoms with Crippen LogP contribution in [0.3, 0.4) is 0 Å². The third kappa shape index (κ3) is 4.81. The van der Waals surface area contributed by atoms with Crippen LogP contribution in [-0.2, 0) is 13.1 Å². The molecule has 1 amide bonds. The van der Waals surface area contributed by atoms with Crippen LogP contribution in [0.2, 0.25) is 5.02 Å². The number of hydrogen-bond donors (Lipinski definition) is 0. The van der Waals surface area contributed by atoms with Gasteiger partial charge in [-0.2, -0.15) is 5.10 Å². The van der Waals surface area contributed by atoms with Crippen LogP contribution in [-0.4, -0.2) is 51.7 Å². The molecule has 1 aliphatic rings. The van der Waals surface area contributed by atoms with E-state index in [1.54, 1.807) is 6.07 Å². The Morgan fingerprint density at radius 2 is 1.68 bits per heavy atom. The molecule has 0 spiro atoms. The molecule has 2 heterocycles. The van der Waals surface area contributed by atoms with Crippen molar-refractivity contribution in [2.75, 3.05) is 26.2 Å². The Morgan fingerprint density at radius 1 is 1.00 bits per heavy atom. The maximum absolute atomic E-state index is 13.4. The van der Waals surface area contributed by atoms with Gasteiger partial charge in [0.2, 0.25) is 0 Å². The zero-order valence-corrected chi connectivity index (χ0v) is 18.5. The number of amides is 1. The molecule has 7 heteroatoms. The molecule has 1 fully saturated rings. The van der Waals surface area contributed by atoms with Crippen molar-refractivity contribution in [2.45, 2.75) is 32.9 Å². The Kier molecular flexibility index (Phi) is 6.68. The fourth-order valence-electron chi connectivity index (χ4n) is 3.96. The predicted molar refractivity (Wildman–Crippen MR) is 124 cm³/mol. The molecule has 3 aromatic rings. The van der Waals surface area contributed by atoms with Crippen molar-refractivity contribution < 1.29 is 4.79 Å². The van der Waals surface area contributed by atoms with Gasteiger partial charge in [-0.3, -0.25) is 14.5 Å². The van der Waals surface area contributed by atoms with E-state index in [1.807, 2.05) is 47.4 Å². The highest BCUT2D eigenvalue weighted by Crippen LogP contribution is 2.18. The van der Waals surface area contributed by atoms with Gasteiger partial charge < -0.3 is 4.90 Å². The fourth-order valence-corrected chi connectivity index (χ4v) is 4.09. The van der Waals surface area contributed by atoms with Crippen molar-refractivity contribution in [3.63, 3.8) is 0 Å². The van der Waals surface area contributed by atoms with Crippen LogP contribution in [0.4, 0.5) is 0 Å². The molecule has 1 aliphatic heterocycles. The summed E-state index contributed by atoms with van der Waals surface area (Å²) in [5, 5.41) is 6.42. The highest BCUT2D eigenvalue weighted by Gasteiger charge is 2.25. The van der Waals surface area contributed by atoms with Gasteiger partial charge in [0.15, 0.2) is 5.69 Å². The minimum absolute atomic E-state index is 0.104. The summed E-state index contributed by atoms with van der Waals surface area (Å²) in [7, 11) is 0. The van der Waals surface area contributed by atoms with Gasteiger partial charge in [-0.05, 0) is 30.2 Å². The molecule has 0 atom stereocenters. The van der Waals surface area contributed by atoms with E-state index in [-0.39, 0.29) is 11.5 Å². The third-order valence-corrected chi connectivity index (χ3v) is 6.02. The van der Waals surface area contributed by atoms with Crippen LogP contribution >= 0.6 is 11.6 Å². The molecule has 0 saturated carbocycles. The third-order valence-electron chi connectivity index (χ3n) is 5.77. The number of piperazine rings is 1. The Morgan fingerprint density at radius 3 is 2.35 bits per heavy atom. The first kappa shape index (κ1) is 21.5. The second-order valence-corrected chi connectivity index (χ2v) is 8.41. The molecule has 0 unspecified atom stereocenters. The molecule has 2 aromatic carbocycles. The molecule has 0 N–H and O–H groups in total. The number of aryl methyl sites for hydroxylation is 1. The maximum atomic E-state index is 13.4. The highest BCUT2D eigenvalue weighted by molar-refractivity contribution is 6.30. The van der Waals surface area contributed by atoms with Gasteiger partial charge >= 0.3 is 0 Å². The van der Waals surface area contributed by atoms with Crippen molar-refractivity contribution in [2.24, 2.45) is 0 Å². The zero-order chi connectivity index (χ0) is 21.8.